The van der Waals surface area contributed by atoms with Gasteiger partial charge in [-0.3, -0.25) is 0 Å². The van der Waals surface area contributed by atoms with Crippen LogP contribution in [0.5, 0.6) is 0 Å². The number of amidine groups is 1. The second-order valence-corrected chi connectivity index (χ2v) is 8.35. The summed E-state index contributed by atoms with van der Waals surface area (Å²) in [5.41, 5.74) is 2.87. The Morgan fingerprint density at radius 3 is 2.71 bits per heavy atom. The van der Waals surface area contributed by atoms with Crippen LogP contribution < -0.4 is 34.8 Å². The maximum atomic E-state index is 12.5. The van der Waals surface area contributed by atoms with E-state index in [1.807, 2.05) is 42.1 Å². The second-order valence-electron chi connectivity index (χ2n) is 5.79. The zero-order valence-corrected chi connectivity index (χ0v) is 17.4. The van der Waals surface area contributed by atoms with Crippen LogP contribution in [-0.2, 0) is 4.79 Å². The van der Waals surface area contributed by atoms with E-state index in [-0.39, 0.29) is 17.9 Å². The molecule has 0 bridgehead atoms. The molecular formula is C16H22IN4O2S-. The van der Waals surface area contributed by atoms with E-state index >= 15 is 0 Å². The number of carbonyl (C=O) groups is 2. The van der Waals surface area contributed by atoms with Crippen LogP contribution in [0.1, 0.15) is 25.3 Å². The van der Waals surface area contributed by atoms with Crippen molar-refractivity contribution in [3.63, 3.8) is 0 Å². The number of hydrogen-bond donors (Lipinski definition) is 1. The summed E-state index contributed by atoms with van der Waals surface area (Å²) in [6, 6.07) is 5.69. The van der Waals surface area contributed by atoms with Crippen LogP contribution in [0, 0.1) is 0 Å². The Morgan fingerprint density at radius 1 is 1.42 bits per heavy atom. The molecule has 3 amide bonds. The Morgan fingerprint density at radius 2 is 2.12 bits per heavy atom. The van der Waals surface area contributed by atoms with Crippen LogP contribution in [0.15, 0.2) is 23.2 Å². The number of carbonyl (C=O) groups excluding carboxylic acids is 2. The van der Waals surface area contributed by atoms with Crippen molar-refractivity contribution in [2.45, 2.75) is 19.8 Å². The third kappa shape index (κ3) is 4.21. The summed E-state index contributed by atoms with van der Waals surface area (Å²) in [5, 5.41) is 0.452. The number of nitrogens with zero attached hydrogens (tertiary/aromatic N) is 3. The SMILES string of the molecule is C[I-]NC(=O)/N=C1\SCC(=O)N1c1cc(N(C)C)ccc1C(C)C. The van der Waals surface area contributed by atoms with Crippen molar-refractivity contribution in [3.05, 3.63) is 23.8 Å². The number of halogens is 1. The molecule has 0 atom stereocenters. The number of hydrogen-bond acceptors (Lipinski definition) is 4. The third-order valence-corrected chi connectivity index (χ3v) is 5.46. The second kappa shape index (κ2) is 8.19. The minimum absolute atomic E-state index is 0.0458. The molecule has 0 unspecified atom stereocenters. The van der Waals surface area contributed by atoms with E-state index in [2.05, 4.69) is 22.4 Å². The van der Waals surface area contributed by atoms with Crippen molar-refractivity contribution >= 4 is 40.2 Å². The standard InChI is InChI=1S/C16H22IN4O2S/c1-10(2)12-7-6-11(20(4)5)8-13(12)21-14(22)9-24-16(21)18-15(23)19-17-3/h6-8,10H,9H2,1-5H3,(H,19,23)/q-1/b18-16-. The number of amides is 3. The number of urea groups is 1. The van der Waals surface area contributed by atoms with Crippen molar-refractivity contribution < 1.29 is 31.1 Å². The fraction of sp³-hybridized carbons (Fsp3) is 0.438. The predicted octanol–water partition coefficient (Wildman–Crippen LogP) is -0.345. The zero-order valence-electron chi connectivity index (χ0n) is 14.5. The summed E-state index contributed by atoms with van der Waals surface area (Å²) in [6.45, 7) is 4.18. The fourth-order valence-corrected chi connectivity index (χ4v) is 3.80. The molecule has 0 aromatic heterocycles. The minimum atomic E-state index is -0.393. The summed E-state index contributed by atoms with van der Waals surface area (Å²) < 4.78 is 2.75. The van der Waals surface area contributed by atoms with Gasteiger partial charge >= 0.3 is 158 Å². The summed E-state index contributed by atoms with van der Waals surface area (Å²) in [4.78, 5) is 33.9. The quantitative estimate of drug-likeness (QED) is 0.379. The molecular weight excluding hydrogens is 439 g/mol. The third-order valence-electron chi connectivity index (χ3n) is 3.53. The number of alkyl halides is 1. The normalized spacial score (nSPS) is 16.3. The van der Waals surface area contributed by atoms with E-state index in [4.69, 9.17) is 0 Å². The van der Waals surface area contributed by atoms with Gasteiger partial charge in [0.2, 0.25) is 0 Å². The molecule has 1 N–H and O–H groups in total. The van der Waals surface area contributed by atoms with Gasteiger partial charge in [-0.2, -0.15) is 0 Å². The molecule has 1 saturated heterocycles. The maximum absolute atomic E-state index is 12.5. The molecule has 1 aliphatic heterocycles. The first-order valence-corrected chi connectivity index (χ1v) is 11.7. The summed E-state index contributed by atoms with van der Waals surface area (Å²) in [7, 11) is 3.92. The Kier molecular flexibility index (Phi) is 6.50. The molecule has 1 fully saturated rings. The van der Waals surface area contributed by atoms with Crippen molar-refractivity contribution in [1.82, 2.24) is 3.53 Å². The van der Waals surface area contributed by atoms with E-state index in [9.17, 15) is 9.59 Å². The van der Waals surface area contributed by atoms with Crippen LogP contribution in [0.2, 0.25) is 0 Å². The van der Waals surface area contributed by atoms with E-state index in [1.54, 1.807) is 4.90 Å². The number of benzene rings is 1. The Bertz CT molecular complexity index is 676. The average molecular weight is 461 g/mol. The zero-order chi connectivity index (χ0) is 17.9. The molecule has 24 heavy (non-hydrogen) atoms. The number of thioether (sulfide) groups is 1. The molecule has 1 aromatic rings. The van der Waals surface area contributed by atoms with E-state index in [1.165, 1.54) is 11.8 Å². The van der Waals surface area contributed by atoms with Gasteiger partial charge in [0, 0.05) is 0 Å². The fourth-order valence-electron chi connectivity index (χ4n) is 2.36. The van der Waals surface area contributed by atoms with Crippen LogP contribution >= 0.6 is 11.8 Å². The van der Waals surface area contributed by atoms with Crippen LogP contribution in [0.3, 0.4) is 0 Å². The molecule has 0 aliphatic carbocycles. The topological polar surface area (TPSA) is 65.0 Å². The van der Waals surface area contributed by atoms with Gasteiger partial charge in [0.15, 0.2) is 0 Å². The van der Waals surface area contributed by atoms with Gasteiger partial charge in [-0.1, -0.05) is 0 Å². The molecule has 8 heteroatoms. The van der Waals surface area contributed by atoms with Gasteiger partial charge < -0.3 is 0 Å². The van der Waals surface area contributed by atoms with Crippen LogP contribution in [-0.4, -0.2) is 41.9 Å². The van der Waals surface area contributed by atoms with Crippen molar-refractivity contribution in [2.75, 3.05) is 34.6 Å². The van der Waals surface area contributed by atoms with E-state index in [0.29, 0.717) is 10.9 Å². The van der Waals surface area contributed by atoms with E-state index in [0.717, 1.165) is 16.9 Å². The summed E-state index contributed by atoms with van der Waals surface area (Å²) >= 11 is 0.913. The Labute approximate surface area is 157 Å². The number of nitrogens with one attached hydrogen (secondary N) is 1. The Balaban J connectivity index is 2.51. The average Bonchev–Trinajstić information content (AvgIpc) is 2.87. The van der Waals surface area contributed by atoms with Gasteiger partial charge in [-0.25, -0.2) is 0 Å². The van der Waals surface area contributed by atoms with E-state index < -0.39 is 21.5 Å². The van der Waals surface area contributed by atoms with Gasteiger partial charge in [-0.15, -0.1) is 0 Å². The first-order chi connectivity index (χ1) is 11.3. The molecule has 0 saturated carbocycles. The molecule has 1 aliphatic rings. The van der Waals surface area contributed by atoms with Crippen molar-refractivity contribution in [2.24, 2.45) is 4.99 Å². The molecule has 0 radical (unpaired) electrons. The van der Waals surface area contributed by atoms with Crippen LogP contribution in [0.4, 0.5) is 16.2 Å². The van der Waals surface area contributed by atoms with Crippen molar-refractivity contribution in [3.8, 4) is 0 Å². The molecule has 6 nitrogen and oxygen atoms in total. The number of rotatable bonds is 4. The molecule has 132 valence electrons. The van der Waals surface area contributed by atoms with Gasteiger partial charge in [-0.05, 0) is 0 Å². The number of aliphatic imine (C=N–C) groups is 1. The first kappa shape index (κ1) is 19.0. The summed E-state index contributed by atoms with van der Waals surface area (Å²) in [6.07, 6.45) is 0. The molecule has 0 spiro atoms. The van der Waals surface area contributed by atoms with Gasteiger partial charge in [0.25, 0.3) is 0 Å². The van der Waals surface area contributed by atoms with Gasteiger partial charge in [0.1, 0.15) is 0 Å². The summed E-state index contributed by atoms with van der Waals surface area (Å²) in [5.74, 6) is 0.513. The van der Waals surface area contributed by atoms with Gasteiger partial charge in [0.05, 0.1) is 0 Å². The van der Waals surface area contributed by atoms with Crippen molar-refractivity contribution in [1.29, 1.82) is 0 Å². The van der Waals surface area contributed by atoms with Crippen LogP contribution in [0.25, 0.3) is 0 Å². The molecule has 1 heterocycles. The monoisotopic (exact) mass is 461 g/mol. The number of anilines is 2. The molecule has 1 aromatic carbocycles. The first-order valence-electron chi connectivity index (χ1n) is 7.49. The predicted molar refractivity (Wildman–Crippen MR) is 96.7 cm³/mol. The molecule has 2 rings (SSSR count). The Hall–Kier alpha value is -1.29.